The second-order valence-corrected chi connectivity index (χ2v) is 6.29. The number of rotatable bonds is 6. The van der Waals surface area contributed by atoms with Crippen LogP contribution in [-0.2, 0) is 9.53 Å². The fraction of sp³-hybridized carbons (Fsp3) is 0.667. The van der Waals surface area contributed by atoms with Gasteiger partial charge in [-0.05, 0) is 19.6 Å². The van der Waals surface area contributed by atoms with Crippen LogP contribution in [0.1, 0.15) is 20.3 Å². The van der Waals surface area contributed by atoms with Crippen molar-refractivity contribution in [2.45, 2.75) is 34.2 Å². The normalized spacial score (nSPS) is 12.4. The third kappa shape index (κ3) is 3.95. The highest BCUT2D eigenvalue weighted by atomic mass is 32.2. The van der Waals surface area contributed by atoms with Crippen LogP contribution in [0.5, 0.6) is 0 Å². The van der Waals surface area contributed by atoms with Gasteiger partial charge in [-0.1, -0.05) is 41.8 Å². The maximum absolute atomic E-state index is 11.6. The number of carbonyl (C=O) groups excluding carboxylic acids is 1. The minimum absolute atomic E-state index is 0.170. The Morgan fingerprint density at radius 2 is 2.12 bits per heavy atom. The minimum atomic E-state index is -0.178. The first-order chi connectivity index (χ1) is 7.71. The predicted octanol–water partition coefficient (Wildman–Crippen LogP) is 2.69. The van der Waals surface area contributed by atoms with Crippen LogP contribution in [0.15, 0.2) is 8.68 Å². The molecule has 7 heteroatoms. The van der Waals surface area contributed by atoms with Crippen molar-refractivity contribution in [3.8, 4) is 0 Å². The van der Waals surface area contributed by atoms with E-state index >= 15 is 0 Å². The third-order valence-electron chi connectivity index (χ3n) is 1.73. The Hall–Kier alpha value is -0.270. The number of ether oxygens (including phenoxy) is 1. The quantitative estimate of drug-likeness (QED) is 0.589. The summed E-state index contributed by atoms with van der Waals surface area (Å²) in [5.74, 6) is -0.170. The summed E-state index contributed by atoms with van der Waals surface area (Å²) in [6.07, 6.45) is 2.69. The maximum Gasteiger partial charge on any atom is 0.319 e. The number of aromatic nitrogens is 2. The van der Waals surface area contributed by atoms with Crippen molar-refractivity contribution in [2.24, 2.45) is 0 Å². The van der Waals surface area contributed by atoms with E-state index in [-0.39, 0.29) is 11.2 Å². The molecule has 1 atom stereocenters. The van der Waals surface area contributed by atoms with Gasteiger partial charge in [-0.25, -0.2) is 0 Å². The highest BCUT2D eigenvalue weighted by molar-refractivity contribution is 8.03. The molecular formula is C9H14N2O2S3. The average molecular weight is 278 g/mol. The maximum atomic E-state index is 11.6. The summed E-state index contributed by atoms with van der Waals surface area (Å²) in [5, 5.41) is 7.83. The Bertz CT molecular complexity index is 343. The van der Waals surface area contributed by atoms with Crippen LogP contribution in [-0.4, -0.2) is 34.3 Å². The van der Waals surface area contributed by atoms with Gasteiger partial charge in [-0.15, -0.1) is 10.2 Å². The number of esters is 1. The van der Waals surface area contributed by atoms with E-state index in [2.05, 4.69) is 10.2 Å². The lowest BCUT2D eigenvalue weighted by molar-refractivity contribution is -0.142. The Balaban J connectivity index is 2.58. The molecule has 0 bridgehead atoms. The summed E-state index contributed by atoms with van der Waals surface area (Å²) in [4.78, 5) is 11.6. The van der Waals surface area contributed by atoms with Crippen LogP contribution < -0.4 is 0 Å². The van der Waals surface area contributed by atoms with Gasteiger partial charge < -0.3 is 4.74 Å². The minimum Gasteiger partial charge on any atom is -0.465 e. The molecule has 0 N–H and O–H groups in total. The van der Waals surface area contributed by atoms with Crippen molar-refractivity contribution in [3.63, 3.8) is 0 Å². The Labute approximate surface area is 108 Å². The van der Waals surface area contributed by atoms with Gasteiger partial charge in [-0.2, -0.15) is 0 Å². The molecule has 0 radical (unpaired) electrons. The molecule has 1 aromatic heterocycles. The van der Waals surface area contributed by atoms with Gasteiger partial charge in [0.2, 0.25) is 0 Å². The van der Waals surface area contributed by atoms with Gasteiger partial charge >= 0.3 is 5.97 Å². The molecule has 4 nitrogen and oxygen atoms in total. The van der Waals surface area contributed by atoms with E-state index in [0.717, 1.165) is 15.1 Å². The topological polar surface area (TPSA) is 52.1 Å². The van der Waals surface area contributed by atoms with E-state index in [9.17, 15) is 4.79 Å². The van der Waals surface area contributed by atoms with Gasteiger partial charge in [0.25, 0.3) is 0 Å². The average Bonchev–Trinajstić information content (AvgIpc) is 2.73. The van der Waals surface area contributed by atoms with E-state index in [1.54, 1.807) is 11.8 Å². The van der Waals surface area contributed by atoms with Crippen LogP contribution in [0.3, 0.4) is 0 Å². The molecule has 0 spiro atoms. The van der Waals surface area contributed by atoms with Crippen molar-refractivity contribution in [3.05, 3.63) is 0 Å². The van der Waals surface area contributed by atoms with Crippen molar-refractivity contribution < 1.29 is 9.53 Å². The molecule has 0 aliphatic heterocycles. The summed E-state index contributed by atoms with van der Waals surface area (Å²) >= 11 is 4.50. The first-order valence-corrected chi connectivity index (χ1v) is 7.84. The molecule has 1 rings (SSSR count). The zero-order valence-electron chi connectivity index (χ0n) is 9.43. The van der Waals surface area contributed by atoms with Crippen LogP contribution in [0, 0.1) is 0 Å². The van der Waals surface area contributed by atoms with Crippen molar-refractivity contribution in [1.29, 1.82) is 0 Å². The van der Waals surface area contributed by atoms with E-state index in [0.29, 0.717) is 6.61 Å². The molecule has 0 fully saturated rings. The summed E-state index contributed by atoms with van der Waals surface area (Å²) in [7, 11) is 0. The summed E-state index contributed by atoms with van der Waals surface area (Å²) in [6, 6.07) is 0. The molecular weight excluding hydrogens is 264 g/mol. The second-order valence-electron chi connectivity index (χ2n) is 2.80. The molecule has 1 aromatic rings. The van der Waals surface area contributed by atoms with E-state index < -0.39 is 0 Å². The van der Waals surface area contributed by atoms with Crippen molar-refractivity contribution in [1.82, 2.24) is 10.2 Å². The molecule has 0 aromatic carbocycles. The molecule has 0 aliphatic rings. The third-order valence-corrected chi connectivity index (χ3v) is 5.05. The highest BCUT2D eigenvalue weighted by Gasteiger charge is 2.21. The standard InChI is InChI=1S/C9H14N2O2S3/c1-4-6(7(12)13-5-2)15-9-11-10-8(14-3)16-9/h6H,4-5H2,1-3H3. The van der Waals surface area contributed by atoms with Crippen LogP contribution in [0.25, 0.3) is 0 Å². The molecule has 1 heterocycles. The van der Waals surface area contributed by atoms with E-state index in [1.807, 2.05) is 20.1 Å². The summed E-state index contributed by atoms with van der Waals surface area (Å²) in [6.45, 7) is 4.19. The molecule has 0 saturated heterocycles. The van der Waals surface area contributed by atoms with Gasteiger partial charge in [0.15, 0.2) is 8.68 Å². The zero-order chi connectivity index (χ0) is 12.0. The molecule has 0 aliphatic carbocycles. The van der Waals surface area contributed by atoms with Gasteiger partial charge in [0.05, 0.1) is 6.61 Å². The smallest absolute Gasteiger partial charge is 0.319 e. The Morgan fingerprint density at radius 3 is 2.62 bits per heavy atom. The zero-order valence-corrected chi connectivity index (χ0v) is 11.9. The van der Waals surface area contributed by atoms with Crippen LogP contribution >= 0.6 is 34.9 Å². The highest BCUT2D eigenvalue weighted by Crippen LogP contribution is 2.31. The van der Waals surface area contributed by atoms with E-state index in [1.165, 1.54) is 23.1 Å². The number of hydrogen-bond acceptors (Lipinski definition) is 7. The van der Waals surface area contributed by atoms with Crippen LogP contribution in [0.4, 0.5) is 0 Å². The molecule has 90 valence electrons. The molecule has 0 saturated carbocycles. The van der Waals surface area contributed by atoms with Gasteiger partial charge in [0.1, 0.15) is 5.25 Å². The summed E-state index contributed by atoms with van der Waals surface area (Å²) < 4.78 is 6.73. The number of nitrogens with zero attached hydrogens (tertiary/aromatic N) is 2. The lowest BCUT2D eigenvalue weighted by atomic mass is 10.3. The van der Waals surface area contributed by atoms with Gasteiger partial charge in [0, 0.05) is 0 Å². The van der Waals surface area contributed by atoms with Crippen molar-refractivity contribution in [2.75, 3.05) is 12.9 Å². The Morgan fingerprint density at radius 1 is 1.44 bits per heavy atom. The van der Waals surface area contributed by atoms with E-state index in [4.69, 9.17) is 4.74 Å². The summed E-state index contributed by atoms with van der Waals surface area (Å²) in [5.41, 5.74) is 0. The first-order valence-electron chi connectivity index (χ1n) is 4.92. The SMILES string of the molecule is CCOC(=O)C(CC)Sc1nnc(SC)s1. The molecule has 0 amide bonds. The fourth-order valence-electron chi connectivity index (χ4n) is 0.982. The number of thioether (sulfide) groups is 2. The lowest BCUT2D eigenvalue weighted by Crippen LogP contribution is -2.19. The van der Waals surface area contributed by atoms with Crippen molar-refractivity contribution >= 4 is 40.8 Å². The monoisotopic (exact) mass is 278 g/mol. The number of hydrogen-bond donors (Lipinski definition) is 0. The van der Waals surface area contributed by atoms with Crippen LogP contribution in [0.2, 0.25) is 0 Å². The Kier molecular flexibility index (Phi) is 6.15. The van der Waals surface area contributed by atoms with Gasteiger partial charge in [-0.3, -0.25) is 4.79 Å². The largest absolute Gasteiger partial charge is 0.465 e. The lowest BCUT2D eigenvalue weighted by Gasteiger charge is -2.10. The first kappa shape index (κ1) is 13.8. The second kappa shape index (κ2) is 7.13. The fourth-order valence-corrected chi connectivity index (χ4v) is 3.59. The molecule has 1 unspecified atom stereocenters. The number of carbonyl (C=O) groups is 1. The predicted molar refractivity (Wildman–Crippen MR) is 68.3 cm³/mol. The molecule has 16 heavy (non-hydrogen) atoms.